The van der Waals surface area contributed by atoms with Crippen LogP contribution in [0.4, 0.5) is 22.0 Å². The molecule has 0 aromatic heterocycles. The summed E-state index contributed by atoms with van der Waals surface area (Å²) >= 11 is 0. The molecule has 28 heavy (non-hydrogen) atoms. The van der Waals surface area contributed by atoms with Crippen LogP contribution in [0.2, 0.25) is 0 Å². The zero-order valence-electron chi connectivity index (χ0n) is 14.7. The van der Waals surface area contributed by atoms with Crippen molar-refractivity contribution in [3.05, 3.63) is 83.7 Å². The first-order chi connectivity index (χ1) is 13.3. The fraction of sp³-hybridized carbons (Fsp3) is 0.143. The number of alkyl halides is 2. The Balaban J connectivity index is 1.82. The summed E-state index contributed by atoms with van der Waals surface area (Å²) in [5.74, 6) is -4.33. The molecule has 0 saturated heterocycles. The van der Waals surface area contributed by atoms with Gasteiger partial charge in [0.15, 0.2) is 17.5 Å². The van der Waals surface area contributed by atoms with E-state index in [9.17, 15) is 22.0 Å². The molecule has 0 N–H and O–H groups in total. The Bertz CT molecular complexity index is 1010. The van der Waals surface area contributed by atoms with Crippen molar-refractivity contribution in [2.75, 3.05) is 6.61 Å². The van der Waals surface area contributed by atoms with Crippen molar-refractivity contribution >= 4 is 10.8 Å². The van der Waals surface area contributed by atoms with Crippen LogP contribution < -0.4 is 9.47 Å². The van der Waals surface area contributed by atoms with Crippen molar-refractivity contribution in [1.29, 1.82) is 0 Å². The molecule has 0 spiro atoms. The lowest BCUT2D eigenvalue weighted by Crippen LogP contribution is -2.21. The average molecular weight is 394 g/mol. The molecule has 0 bridgehead atoms. The third-order valence-corrected chi connectivity index (χ3v) is 3.96. The third kappa shape index (κ3) is 4.08. The van der Waals surface area contributed by atoms with Crippen molar-refractivity contribution < 1.29 is 31.4 Å². The Morgan fingerprint density at radius 1 is 0.893 bits per heavy atom. The van der Waals surface area contributed by atoms with E-state index in [1.54, 1.807) is 12.2 Å². The molecule has 0 radical (unpaired) electrons. The monoisotopic (exact) mass is 394 g/mol. The minimum absolute atomic E-state index is 0.0996. The smallest absolute Gasteiger partial charge is 0.426 e. The van der Waals surface area contributed by atoms with Gasteiger partial charge in [0.05, 0.1) is 5.56 Å². The van der Waals surface area contributed by atoms with Gasteiger partial charge in [-0.1, -0.05) is 12.2 Å². The van der Waals surface area contributed by atoms with E-state index in [-0.39, 0.29) is 16.5 Å². The maximum Gasteiger partial charge on any atom is 0.426 e. The molecule has 0 unspecified atom stereocenters. The van der Waals surface area contributed by atoms with Gasteiger partial charge in [-0.3, -0.25) is 0 Å². The van der Waals surface area contributed by atoms with Gasteiger partial charge in [-0.05, 0) is 60.8 Å². The molecule has 2 nitrogen and oxygen atoms in total. The molecule has 0 saturated carbocycles. The van der Waals surface area contributed by atoms with Crippen molar-refractivity contribution in [3.63, 3.8) is 0 Å². The van der Waals surface area contributed by atoms with Crippen molar-refractivity contribution in [2.45, 2.75) is 13.0 Å². The highest BCUT2D eigenvalue weighted by atomic mass is 19.3. The van der Waals surface area contributed by atoms with E-state index < -0.39 is 29.1 Å². The number of benzene rings is 3. The Morgan fingerprint density at radius 2 is 1.57 bits per heavy atom. The highest BCUT2D eigenvalue weighted by Gasteiger charge is 2.34. The number of halogens is 5. The first-order valence-corrected chi connectivity index (χ1v) is 8.30. The van der Waals surface area contributed by atoms with Crippen molar-refractivity contribution in [1.82, 2.24) is 0 Å². The molecule has 0 aliphatic heterocycles. The van der Waals surface area contributed by atoms with E-state index >= 15 is 0 Å². The summed E-state index contributed by atoms with van der Waals surface area (Å²) in [6.45, 7) is 2.14. The molecular formula is C21H15F5O2. The van der Waals surface area contributed by atoms with Gasteiger partial charge in [0.25, 0.3) is 0 Å². The third-order valence-electron chi connectivity index (χ3n) is 3.96. The van der Waals surface area contributed by atoms with E-state index in [4.69, 9.17) is 9.47 Å². The Hall–Kier alpha value is -3.09. The number of allylic oxidation sites excluding steroid dienone is 1. The quantitative estimate of drug-likeness (QED) is 0.276. The number of rotatable bonds is 6. The lowest BCUT2D eigenvalue weighted by molar-refractivity contribution is -0.185. The van der Waals surface area contributed by atoms with Gasteiger partial charge in [-0.2, -0.15) is 8.78 Å². The summed E-state index contributed by atoms with van der Waals surface area (Å²) in [5, 5.41) is -0.338. The topological polar surface area (TPSA) is 18.5 Å². The predicted molar refractivity (Wildman–Crippen MR) is 95.1 cm³/mol. The van der Waals surface area contributed by atoms with Crippen LogP contribution in [-0.4, -0.2) is 6.61 Å². The van der Waals surface area contributed by atoms with Crippen LogP contribution in [0, 0.1) is 17.5 Å². The molecule has 146 valence electrons. The second-order valence-corrected chi connectivity index (χ2v) is 5.89. The molecule has 0 fully saturated rings. The summed E-state index contributed by atoms with van der Waals surface area (Å²) in [4.78, 5) is 0. The molecule has 0 amide bonds. The van der Waals surface area contributed by atoms with Gasteiger partial charge in [-0.25, -0.2) is 13.2 Å². The number of hydrogen-bond donors (Lipinski definition) is 0. The van der Waals surface area contributed by atoms with Crippen LogP contribution in [0.15, 0.2) is 60.7 Å². The van der Waals surface area contributed by atoms with E-state index in [1.165, 1.54) is 12.1 Å². The van der Waals surface area contributed by atoms with Crippen molar-refractivity contribution in [3.8, 4) is 11.5 Å². The maximum atomic E-state index is 14.4. The highest BCUT2D eigenvalue weighted by molar-refractivity contribution is 5.84. The Labute approximate surface area is 157 Å². The summed E-state index contributed by atoms with van der Waals surface area (Å²) < 4.78 is 79.3. The van der Waals surface area contributed by atoms with E-state index in [0.717, 1.165) is 36.4 Å². The van der Waals surface area contributed by atoms with Crippen LogP contribution in [0.25, 0.3) is 10.8 Å². The number of hydrogen-bond acceptors (Lipinski definition) is 2. The first-order valence-electron chi connectivity index (χ1n) is 8.30. The van der Waals surface area contributed by atoms with Gasteiger partial charge in [-0.15, -0.1) is 0 Å². The fourth-order valence-electron chi connectivity index (χ4n) is 2.54. The zero-order chi connectivity index (χ0) is 20.3. The SMILES string of the molecule is CC=CCOc1ccc(C(F)(F)Oc2ccc3c(F)c(F)c(F)cc3c2)cc1. The Kier molecular flexibility index (Phi) is 5.53. The fourth-order valence-corrected chi connectivity index (χ4v) is 2.54. The molecule has 3 aromatic rings. The van der Waals surface area contributed by atoms with Gasteiger partial charge in [0, 0.05) is 5.39 Å². The summed E-state index contributed by atoms with van der Waals surface area (Å²) in [6.07, 6.45) is -0.137. The van der Waals surface area contributed by atoms with Crippen molar-refractivity contribution in [2.24, 2.45) is 0 Å². The molecule has 0 heterocycles. The number of fused-ring (bicyclic) bond motifs is 1. The molecule has 3 rings (SSSR count). The lowest BCUT2D eigenvalue weighted by atomic mass is 10.1. The first kappa shape index (κ1) is 19.7. The molecule has 0 aliphatic carbocycles. The van der Waals surface area contributed by atoms with Gasteiger partial charge in [0.1, 0.15) is 18.1 Å². The normalized spacial score (nSPS) is 11.9. The van der Waals surface area contributed by atoms with E-state index in [0.29, 0.717) is 12.4 Å². The summed E-state index contributed by atoms with van der Waals surface area (Å²) in [7, 11) is 0. The summed E-state index contributed by atoms with van der Waals surface area (Å²) in [6, 6.07) is 8.91. The highest BCUT2D eigenvalue weighted by Crippen LogP contribution is 2.34. The minimum atomic E-state index is -3.70. The Morgan fingerprint density at radius 3 is 2.25 bits per heavy atom. The van der Waals surface area contributed by atoms with E-state index in [1.807, 2.05) is 6.92 Å². The average Bonchev–Trinajstić information content (AvgIpc) is 2.66. The standard InChI is InChI=1S/C21H15F5O2/c1-2-3-10-27-15-6-4-14(5-7-15)21(25,26)28-16-8-9-17-13(11-16)12-18(22)20(24)19(17)23/h2-9,11-12H,10H2,1H3. The van der Waals surface area contributed by atoms with Crippen LogP contribution in [0.3, 0.4) is 0 Å². The maximum absolute atomic E-state index is 14.4. The summed E-state index contributed by atoms with van der Waals surface area (Å²) in [5.41, 5.74) is -0.428. The van der Waals surface area contributed by atoms with Gasteiger partial charge < -0.3 is 9.47 Å². The zero-order valence-corrected chi connectivity index (χ0v) is 14.7. The van der Waals surface area contributed by atoms with Crippen LogP contribution in [-0.2, 0) is 6.11 Å². The van der Waals surface area contributed by atoms with Crippen LogP contribution in [0.5, 0.6) is 11.5 Å². The van der Waals surface area contributed by atoms with E-state index in [2.05, 4.69) is 0 Å². The second kappa shape index (κ2) is 7.88. The second-order valence-electron chi connectivity index (χ2n) is 5.89. The molecule has 7 heteroatoms. The van der Waals surface area contributed by atoms with Crippen LogP contribution >= 0.6 is 0 Å². The lowest BCUT2D eigenvalue weighted by Gasteiger charge is -2.19. The molecular weight excluding hydrogens is 379 g/mol. The number of ether oxygens (including phenoxy) is 2. The predicted octanol–water partition coefficient (Wildman–Crippen LogP) is 6.34. The van der Waals surface area contributed by atoms with Gasteiger partial charge >= 0.3 is 6.11 Å². The van der Waals surface area contributed by atoms with Gasteiger partial charge in [0.2, 0.25) is 0 Å². The largest absolute Gasteiger partial charge is 0.490 e. The minimum Gasteiger partial charge on any atom is -0.490 e. The molecule has 0 aliphatic rings. The van der Waals surface area contributed by atoms with Crippen LogP contribution in [0.1, 0.15) is 12.5 Å². The molecule has 0 atom stereocenters. The molecule has 3 aromatic carbocycles.